The summed E-state index contributed by atoms with van der Waals surface area (Å²) in [5.41, 5.74) is 0.888. The van der Waals surface area contributed by atoms with Gasteiger partial charge in [-0.1, -0.05) is 18.2 Å². The highest BCUT2D eigenvalue weighted by Crippen LogP contribution is 2.22. The van der Waals surface area contributed by atoms with Gasteiger partial charge in [0.1, 0.15) is 11.6 Å². The van der Waals surface area contributed by atoms with Gasteiger partial charge >= 0.3 is 11.7 Å². The number of hydrogen-bond acceptors (Lipinski definition) is 8. The third-order valence-corrected chi connectivity index (χ3v) is 5.43. The van der Waals surface area contributed by atoms with Gasteiger partial charge in [-0.2, -0.15) is 4.68 Å². The lowest BCUT2D eigenvalue weighted by molar-refractivity contribution is -0.145. The molecule has 0 spiro atoms. The van der Waals surface area contributed by atoms with Crippen LogP contribution in [0.2, 0.25) is 0 Å². The molecular weight excluding hydrogens is 374 g/mol. The summed E-state index contributed by atoms with van der Waals surface area (Å²) in [4.78, 5) is 28.9. The first kappa shape index (κ1) is 16.7. The Hall–Kier alpha value is -2.78. The number of nitrogens with zero attached hydrogens (tertiary/aromatic N) is 3. The van der Waals surface area contributed by atoms with E-state index in [2.05, 4.69) is 10.1 Å². The van der Waals surface area contributed by atoms with Gasteiger partial charge in [-0.3, -0.25) is 4.79 Å². The number of ether oxygens (including phenoxy) is 1. The first-order chi connectivity index (χ1) is 12.7. The number of benzene rings is 1. The van der Waals surface area contributed by atoms with E-state index in [0.29, 0.717) is 0 Å². The molecule has 0 radical (unpaired) electrons. The monoisotopic (exact) mass is 387 g/mol. The van der Waals surface area contributed by atoms with E-state index in [1.165, 1.54) is 22.7 Å². The number of thiophene rings is 1. The maximum atomic E-state index is 11.9. The number of para-hydroxylation sites is 1. The second-order valence-corrected chi connectivity index (χ2v) is 7.42. The van der Waals surface area contributed by atoms with Crippen molar-refractivity contribution in [2.75, 3.05) is 0 Å². The maximum absolute atomic E-state index is 11.9. The Kier molecular flexibility index (Phi) is 4.63. The molecule has 0 aliphatic carbocycles. The maximum Gasteiger partial charge on any atom is 0.437 e. The van der Waals surface area contributed by atoms with Crippen molar-refractivity contribution in [2.24, 2.45) is 0 Å². The number of aryl methyl sites for hydroxylation is 1. The highest BCUT2D eigenvalue weighted by molar-refractivity contribution is 7.18. The van der Waals surface area contributed by atoms with Crippen LogP contribution in [0.3, 0.4) is 0 Å². The Morgan fingerprint density at radius 2 is 2.12 bits per heavy atom. The van der Waals surface area contributed by atoms with Crippen molar-refractivity contribution in [3.05, 3.63) is 57.3 Å². The van der Waals surface area contributed by atoms with Crippen LogP contribution in [0.4, 0.5) is 0 Å². The number of thiazole rings is 1. The van der Waals surface area contributed by atoms with Crippen LogP contribution in [-0.4, -0.2) is 20.7 Å². The quantitative estimate of drug-likeness (QED) is 0.472. The van der Waals surface area contributed by atoms with Crippen LogP contribution in [0.1, 0.15) is 11.4 Å². The zero-order chi connectivity index (χ0) is 17.9. The lowest BCUT2D eigenvalue weighted by Crippen LogP contribution is -2.18. The van der Waals surface area contributed by atoms with Crippen LogP contribution in [0.25, 0.3) is 21.0 Å². The van der Waals surface area contributed by atoms with Crippen LogP contribution in [0.15, 0.2) is 51.0 Å². The van der Waals surface area contributed by atoms with E-state index in [-0.39, 0.29) is 25.5 Å². The average Bonchev–Trinajstić information content (AvgIpc) is 3.37. The fourth-order valence-electron chi connectivity index (χ4n) is 2.34. The highest BCUT2D eigenvalue weighted by atomic mass is 32.1. The SMILES string of the molecule is O=C(CCn1nc(-c2cccs2)oc1=O)OCc1nc2ccccc2s1. The molecule has 0 unspecified atom stereocenters. The van der Waals surface area contributed by atoms with Crippen LogP contribution >= 0.6 is 22.7 Å². The fraction of sp³-hybridized carbons (Fsp3) is 0.176. The molecule has 0 bridgehead atoms. The van der Waals surface area contributed by atoms with Crippen molar-refractivity contribution < 1.29 is 13.9 Å². The van der Waals surface area contributed by atoms with Crippen LogP contribution in [0.5, 0.6) is 0 Å². The largest absolute Gasteiger partial charge is 0.458 e. The topological polar surface area (TPSA) is 87.2 Å². The number of rotatable bonds is 6. The van der Waals surface area contributed by atoms with Crippen LogP contribution < -0.4 is 5.76 Å². The third-order valence-electron chi connectivity index (χ3n) is 3.56. The summed E-state index contributed by atoms with van der Waals surface area (Å²) in [6.07, 6.45) is 0.0290. The Bertz CT molecular complexity index is 1060. The van der Waals surface area contributed by atoms with Gasteiger partial charge in [0.2, 0.25) is 0 Å². The van der Waals surface area contributed by atoms with E-state index < -0.39 is 11.7 Å². The number of aromatic nitrogens is 3. The molecule has 0 amide bonds. The molecule has 132 valence electrons. The van der Waals surface area contributed by atoms with Crippen LogP contribution in [-0.2, 0) is 22.7 Å². The molecule has 1 aromatic carbocycles. The van der Waals surface area contributed by atoms with E-state index in [4.69, 9.17) is 9.15 Å². The lowest BCUT2D eigenvalue weighted by atomic mass is 10.3. The summed E-state index contributed by atoms with van der Waals surface area (Å²) in [6, 6.07) is 11.4. The molecule has 26 heavy (non-hydrogen) atoms. The van der Waals surface area contributed by atoms with Crippen molar-refractivity contribution in [3.63, 3.8) is 0 Å². The second kappa shape index (κ2) is 7.22. The summed E-state index contributed by atoms with van der Waals surface area (Å²) in [5, 5.41) is 6.70. The van der Waals surface area contributed by atoms with Crippen molar-refractivity contribution in [2.45, 2.75) is 19.6 Å². The molecule has 3 aromatic heterocycles. The minimum absolute atomic E-state index is 0.0290. The molecule has 0 aliphatic heterocycles. The predicted molar refractivity (Wildman–Crippen MR) is 98.1 cm³/mol. The second-order valence-electron chi connectivity index (χ2n) is 5.36. The summed E-state index contributed by atoms with van der Waals surface area (Å²) >= 11 is 2.91. The van der Waals surface area contributed by atoms with Gasteiger partial charge in [0.25, 0.3) is 5.89 Å². The summed E-state index contributed by atoms with van der Waals surface area (Å²) in [6.45, 7) is 0.221. The lowest BCUT2D eigenvalue weighted by Gasteiger charge is -2.01. The average molecular weight is 387 g/mol. The zero-order valence-electron chi connectivity index (χ0n) is 13.5. The molecule has 3 heterocycles. The minimum Gasteiger partial charge on any atom is -0.458 e. The predicted octanol–water partition coefficient (Wildman–Crippen LogP) is 3.31. The van der Waals surface area contributed by atoms with Crippen LogP contribution in [0, 0.1) is 0 Å². The highest BCUT2D eigenvalue weighted by Gasteiger charge is 2.13. The summed E-state index contributed by atoms with van der Waals surface area (Å²) in [7, 11) is 0. The van der Waals surface area contributed by atoms with Crippen molar-refractivity contribution in [3.8, 4) is 10.8 Å². The summed E-state index contributed by atoms with van der Waals surface area (Å²) in [5.74, 6) is -0.753. The van der Waals surface area contributed by atoms with Gasteiger partial charge in [0.15, 0.2) is 0 Å². The molecule has 7 nitrogen and oxygen atoms in total. The molecule has 4 aromatic rings. The number of esters is 1. The van der Waals surface area contributed by atoms with E-state index in [0.717, 1.165) is 24.8 Å². The van der Waals surface area contributed by atoms with Gasteiger partial charge < -0.3 is 9.15 Å². The Labute approximate surface area is 155 Å². The van der Waals surface area contributed by atoms with Gasteiger partial charge in [-0.25, -0.2) is 9.78 Å². The number of hydrogen-bond donors (Lipinski definition) is 0. The molecule has 0 saturated heterocycles. The minimum atomic E-state index is -0.590. The van der Waals surface area contributed by atoms with Gasteiger partial charge in [-0.15, -0.1) is 27.8 Å². The van der Waals surface area contributed by atoms with Crippen molar-refractivity contribution in [1.29, 1.82) is 0 Å². The number of carbonyl (C=O) groups excluding carboxylic acids is 1. The summed E-state index contributed by atoms with van der Waals surface area (Å²) < 4.78 is 12.5. The standard InChI is InChI=1S/C17H13N3O4S2/c21-15(23-10-14-18-11-4-1-2-5-12(11)26-14)7-8-20-17(22)24-16(19-20)13-6-3-9-25-13/h1-6,9H,7-8,10H2. The van der Waals surface area contributed by atoms with E-state index >= 15 is 0 Å². The fourth-order valence-corrected chi connectivity index (χ4v) is 3.87. The molecule has 0 saturated carbocycles. The van der Waals surface area contributed by atoms with Crippen molar-refractivity contribution >= 4 is 38.9 Å². The zero-order valence-corrected chi connectivity index (χ0v) is 15.1. The van der Waals surface area contributed by atoms with Gasteiger partial charge in [0.05, 0.1) is 28.1 Å². The number of fused-ring (bicyclic) bond motifs is 1. The molecular formula is C17H13N3O4S2. The first-order valence-electron chi connectivity index (χ1n) is 7.81. The first-order valence-corrected chi connectivity index (χ1v) is 9.50. The Morgan fingerprint density at radius 3 is 2.92 bits per heavy atom. The Morgan fingerprint density at radius 1 is 1.23 bits per heavy atom. The molecule has 9 heteroatoms. The smallest absolute Gasteiger partial charge is 0.437 e. The molecule has 0 aliphatic rings. The molecule has 4 rings (SSSR count). The van der Waals surface area contributed by atoms with E-state index in [1.54, 1.807) is 0 Å². The Balaban J connectivity index is 1.33. The van der Waals surface area contributed by atoms with Gasteiger partial charge in [-0.05, 0) is 23.6 Å². The van der Waals surface area contributed by atoms with E-state index in [9.17, 15) is 9.59 Å². The third kappa shape index (κ3) is 3.58. The molecule has 0 fully saturated rings. The van der Waals surface area contributed by atoms with Gasteiger partial charge in [0, 0.05) is 0 Å². The molecule has 0 N–H and O–H groups in total. The normalized spacial score (nSPS) is 11.1. The van der Waals surface area contributed by atoms with Crippen molar-refractivity contribution in [1.82, 2.24) is 14.8 Å². The number of carbonyl (C=O) groups is 1. The molecule has 0 atom stereocenters. The van der Waals surface area contributed by atoms with E-state index in [1.807, 2.05) is 41.8 Å².